The van der Waals surface area contributed by atoms with Crippen LogP contribution in [-0.2, 0) is 0 Å². The van der Waals surface area contributed by atoms with Crippen LogP contribution < -0.4 is 0 Å². The molecule has 1 saturated carbocycles. The van der Waals surface area contributed by atoms with Crippen molar-refractivity contribution in [1.29, 1.82) is 0 Å². The molecule has 0 saturated heterocycles. The number of hydrogen-bond acceptors (Lipinski definition) is 1. The summed E-state index contributed by atoms with van der Waals surface area (Å²) in [7, 11) is 0. The van der Waals surface area contributed by atoms with Gasteiger partial charge in [-0.3, -0.25) is 0 Å². The van der Waals surface area contributed by atoms with Crippen molar-refractivity contribution in [1.82, 2.24) is 0 Å². The molecule has 1 rings (SSSR count). The highest BCUT2D eigenvalue weighted by Gasteiger charge is 2.38. The molecule has 1 aliphatic carbocycles. The fourth-order valence-electron chi connectivity index (χ4n) is 1.90. The highest BCUT2D eigenvalue weighted by atomic mass is 32.1. The van der Waals surface area contributed by atoms with Crippen LogP contribution in [0.2, 0.25) is 0 Å². The van der Waals surface area contributed by atoms with E-state index in [9.17, 15) is 0 Å². The third-order valence-corrected chi connectivity index (χ3v) is 3.57. The zero-order valence-corrected chi connectivity index (χ0v) is 8.42. The van der Waals surface area contributed by atoms with Gasteiger partial charge in [0.1, 0.15) is 0 Å². The number of allylic oxidation sites excluding steroid dienone is 1. The van der Waals surface area contributed by atoms with Gasteiger partial charge in [0.15, 0.2) is 0 Å². The fourth-order valence-corrected chi connectivity index (χ4v) is 2.17. The highest BCUT2D eigenvalue weighted by Crippen LogP contribution is 2.46. The molecule has 0 spiro atoms. The molecule has 2 atom stereocenters. The van der Waals surface area contributed by atoms with Crippen molar-refractivity contribution in [3.8, 4) is 0 Å². The Hall–Kier alpha value is -0.170. The molecule has 0 N–H and O–H groups in total. The van der Waals surface area contributed by atoms with E-state index >= 15 is 0 Å². The van der Waals surface area contributed by atoms with Gasteiger partial charge < -0.3 is 0 Å². The maximum Gasteiger partial charge on any atom is 0.00511 e. The summed E-state index contributed by atoms with van der Waals surface area (Å²) in [6.07, 6.45) is 2.26. The molecular formula is C10H16S. The molecule has 1 aliphatic rings. The molecule has 0 heterocycles. The lowest BCUT2D eigenvalue weighted by Crippen LogP contribution is -2.26. The molecule has 1 heteroatoms. The SMILES string of the molecule is C=C1C[C@H](C)[C@](C)(C(C)=S)C1. The first kappa shape index (κ1) is 8.92. The average molecular weight is 168 g/mol. The molecular weight excluding hydrogens is 152 g/mol. The third kappa shape index (κ3) is 1.39. The molecule has 0 radical (unpaired) electrons. The molecule has 0 aliphatic heterocycles. The minimum Gasteiger partial charge on any atom is -0.0998 e. The van der Waals surface area contributed by atoms with Gasteiger partial charge in [-0.1, -0.05) is 38.2 Å². The Balaban J connectivity index is 2.87. The lowest BCUT2D eigenvalue weighted by molar-refractivity contribution is 0.368. The molecule has 0 nitrogen and oxygen atoms in total. The van der Waals surface area contributed by atoms with Gasteiger partial charge >= 0.3 is 0 Å². The Bertz CT molecular complexity index is 205. The van der Waals surface area contributed by atoms with E-state index in [0.717, 1.165) is 17.7 Å². The predicted octanol–water partition coefficient (Wildman–Crippen LogP) is 3.37. The summed E-state index contributed by atoms with van der Waals surface area (Å²) in [5.74, 6) is 0.687. The Morgan fingerprint density at radius 3 is 2.45 bits per heavy atom. The van der Waals surface area contributed by atoms with Crippen LogP contribution in [-0.4, -0.2) is 4.86 Å². The molecule has 1 fully saturated rings. The van der Waals surface area contributed by atoms with Crippen LogP contribution >= 0.6 is 12.2 Å². The molecule has 62 valence electrons. The number of rotatable bonds is 1. The minimum atomic E-state index is 0.256. The average Bonchev–Trinajstić information content (AvgIpc) is 2.08. The summed E-state index contributed by atoms with van der Waals surface area (Å²) in [6, 6.07) is 0. The van der Waals surface area contributed by atoms with E-state index < -0.39 is 0 Å². The van der Waals surface area contributed by atoms with Crippen molar-refractivity contribution in [2.75, 3.05) is 0 Å². The maximum absolute atomic E-state index is 5.26. The minimum absolute atomic E-state index is 0.256. The van der Waals surface area contributed by atoms with E-state index in [1.807, 2.05) is 0 Å². The van der Waals surface area contributed by atoms with Crippen molar-refractivity contribution in [3.63, 3.8) is 0 Å². The van der Waals surface area contributed by atoms with Gasteiger partial charge in [0.25, 0.3) is 0 Å². The van der Waals surface area contributed by atoms with Crippen LogP contribution in [0, 0.1) is 11.3 Å². The molecule has 0 bridgehead atoms. The zero-order valence-electron chi connectivity index (χ0n) is 7.61. The van der Waals surface area contributed by atoms with Gasteiger partial charge in [0, 0.05) is 5.41 Å². The lowest BCUT2D eigenvalue weighted by Gasteiger charge is -2.27. The Labute approximate surface area is 74.7 Å². The van der Waals surface area contributed by atoms with Crippen molar-refractivity contribution >= 4 is 17.1 Å². The predicted molar refractivity (Wildman–Crippen MR) is 53.9 cm³/mol. The van der Waals surface area contributed by atoms with Crippen molar-refractivity contribution < 1.29 is 0 Å². The van der Waals surface area contributed by atoms with Gasteiger partial charge in [0.05, 0.1) is 0 Å². The Kier molecular flexibility index (Phi) is 2.19. The Morgan fingerprint density at radius 2 is 2.27 bits per heavy atom. The first-order chi connectivity index (χ1) is 4.97. The molecule has 0 aromatic heterocycles. The largest absolute Gasteiger partial charge is 0.0998 e. The fraction of sp³-hybridized carbons (Fsp3) is 0.700. The second kappa shape index (κ2) is 2.71. The zero-order chi connectivity index (χ0) is 8.65. The summed E-state index contributed by atoms with van der Waals surface area (Å²) >= 11 is 5.26. The van der Waals surface area contributed by atoms with Crippen LogP contribution in [0.15, 0.2) is 12.2 Å². The first-order valence-electron chi connectivity index (χ1n) is 4.14. The topological polar surface area (TPSA) is 0 Å². The molecule has 11 heavy (non-hydrogen) atoms. The van der Waals surface area contributed by atoms with E-state index in [1.165, 1.54) is 5.57 Å². The lowest BCUT2D eigenvalue weighted by atomic mass is 9.78. The van der Waals surface area contributed by atoms with Crippen LogP contribution in [0.4, 0.5) is 0 Å². The van der Waals surface area contributed by atoms with Gasteiger partial charge in [-0.05, 0) is 30.5 Å². The van der Waals surface area contributed by atoms with E-state index in [4.69, 9.17) is 12.2 Å². The monoisotopic (exact) mass is 168 g/mol. The van der Waals surface area contributed by atoms with E-state index in [1.54, 1.807) is 0 Å². The molecule has 0 unspecified atom stereocenters. The number of hydrogen-bond donors (Lipinski definition) is 0. The summed E-state index contributed by atoms with van der Waals surface area (Å²) in [5.41, 5.74) is 1.62. The normalized spacial score (nSPS) is 37.7. The maximum atomic E-state index is 5.26. The highest BCUT2D eigenvalue weighted by molar-refractivity contribution is 7.80. The second-order valence-corrected chi connectivity index (χ2v) is 4.62. The third-order valence-electron chi connectivity index (χ3n) is 3.10. The summed E-state index contributed by atoms with van der Waals surface area (Å²) < 4.78 is 0. The summed E-state index contributed by atoms with van der Waals surface area (Å²) in [5, 5.41) is 0. The van der Waals surface area contributed by atoms with E-state index in [2.05, 4.69) is 27.4 Å². The van der Waals surface area contributed by atoms with Gasteiger partial charge in [0.2, 0.25) is 0 Å². The van der Waals surface area contributed by atoms with Crippen LogP contribution in [0.25, 0.3) is 0 Å². The first-order valence-corrected chi connectivity index (χ1v) is 4.55. The van der Waals surface area contributed by atoms with Crippen molar-refractivity contribution in [3.05, 3.63) is 12.2 Å². The van der Waals surface area contributed by atoms with E-state index in [-0.39, 0.29) is 5.41 Å². The quantitative estimate of drug-likeness (QED) is 0.427. The van der Waals surface area contributed by atoms with Crippen LogP contribution in [0.1, 0.15) is 33.6 Å². The van der Waals surface area contributed by atoms with Gasteiger partial charge in [-0.15, -0.1) is 0 Å². The molecule has 0 aromatic carbocycles. The number of thiocarbonyl (C=S) groups is 1. The van der Waals surface area contributed by atoms with Crippen molar-refractivity contribution in [2.45, 2.75) is 33.6 Å². The molecule has 0 aromatic rings. The molecule has 0 amide bonds. The van der Waals surface area contributed by atoms with Gasteiger partial charge in [-0.2, -0.15) is 0 Å². The van der Waals surface area contributed by atoms with E-state index in [0.29, 0.717) is 5.92 Å². The van der Waals surface area contributed by atoms with Gasteiger partial charge in [-0.25, -0.2) is 0 Å². The Morgan fingerprint density at radius 1 is 1.73 bits per heavy atom. The smallest absolute Gasteiger partial charge is 0.00511 e. The van der Waals surface area contributed by atoms with Crippen LogP contribution in [0.3, 0.4) is 0 Å². The van der Waals surface area contributed by atoms with Crippen molar-refractivity contribution in [2.24, 2.45) is 11.3 Å². The second-order valence-electron chi connectivity index (χ2n) is 4.01. The standard InChI is InChI=1S/C10H16S/c1-7-5-8(2)10(4,6-7)9(3)11/h8H,1,5-6H2,2-4H3/t8-,10+/m0/s1. The summed E-state index contributed by atoms with van der Waals surface area (Å²) in [6.45, 7) is 10.6. The summed E-state index contributed by atoms with van der Waals surface area (Å²) in [4.78, 5) is 1.14. The van der Waals surface area contributed by atoms with Crippen LogP contribution in [0.5, 0.6) is 0 Å².